The van der Waals surface area contributed by atoms with E-state index >= 15 is 0 Å². The quantitative estimate of drug-likeness (QED) is 0.435. The van der Waals surface area contributed by atoms with Crippen molar-refractivity contribution in [2.24, 2.45) is 17.8 Å². The molecule has 7 heteroatoms. The van der Waals surface area contributed by atoms with E-state index in [4.69, 9.17) is 0 Å². The van der Waals surface area contributed by atoms with E-state index in [1.165, 1.54) is 17.0 Å². The molecule has 2 aliphatic rings. The summed E-state index contributed by atoms with van der Waals surface area (Å²) in [4.78, 5) is 28.0. The minimum atomic E-state index is -1.00. The zero-order valence-electron chi connectivity index (χ0n) is 19.8. The molecule has 0 radical (unpaired) electrons. The lowest BCUT2D eigenvalue weighted by Gasteiger charge is -2.44. The summed E-state index contributed by atoms with van der Waals surface area (Å²) in [5, 5.41) is 13.7. The molecule has 0 aromatic heterocycles. The highest BCUT2D eigenvalue weighted by Gasteiger charge is 2.46. The van der Waals surface area contributed by atoms with Crippen LogP contribution in [-0.2, 0) is 11.3 Å². The van der Waals surface area contributed by atoms with Crippen molar-refractivity contribution < 1.29 is 19.1 Å². The van der Waals surface area contributed by atoms with Crippen LogP contribution in [0.5, 0.6) is 0 Å². The van der Waals surface area contributed by atoms with Crippen molar-refractivity contribution >= 4 is 12.4 Å². The number of carboxylic acid groups (broad SMARTS) is 1. The first-order chi connectivity index (χ1) is 15.1. The van der Waals surface area contributed by atoms with Gasteiger partial charge in [0.2, 0.25) is 0 Å². The van der Waals surface area contributed by atoms with Crippen molar-refractivity contribution in [2.75, 3.05) is 13.1 Å². The number of rotatable bonds is 9. The average molecular weight is 448 g/mol. The number of nitrogens with one attached hydrogen (secondary N) is 1. The molecule has 0 spiro atoms. The molecule has 2 N–H and O–H groups in total. The molecule has 1 saturated carbocycles. The number of likely N-dealkylation sites (tertiary alicyclic amines) is 1. The van der Waals surface area contributed by atoms with E-state index in [0.717, 1.165) is 50.7 Å². The number of hydrogen-bond acceptors (Lipinski definition) is 4. The number of carbonyl (C=O) groups excluding carboxylic acids is 1. The summed E-state index contributed by atoms with van der Waals surface area (Å²) in [5.41, 5.74) is 0.475. The largest absolute Gasteiger partial charge is 0.465 e. The highest BCUT2D eigenvalue weighted by molar-refractivity contribution is 5.68. The van der Waals surface area contributed by atoms with E-state index in [0.29, 0.717) is 18.3 Å². The second-order valence-corrected chi connectivity index (χ2v) is 10.5. The van der Waals surface area contributed by atoms with Crippen molar-refractivity contribution in [1.82, 2.24) is 15.1 Å². The molecule has 1 aliphatic carbocycles. The Kier molecular flexibility index (Phi) is 7.93. The van der Waals surface area contributed by atoms with Gasteiger partial charge in [0.1, 0.15) is 12.1 Å². The van der Waals surface area contributed by atoms with Gasteiger partial charge in [-0.15, -0.1) is 0 Å². The Morgan fingerprint density at radius 2 is 1.97 bits per heavy atom. The van der Waals surface area contributed by atoms with E-state index in [1.807, 2.05) is 39.8 Å². The van der Waals surface area contributed by atoms with Crippen LogP contribution in [0.4, 0.5) is 9.18 Å². The number of fused-ring (bicyclic) bond motifs is 1. The van der Waals surface area contributed by atoms with Gasteiger partial charge in [-0.25, -0.2) is 9.18 Å². The molecular weight excluding hydrogens is 409 g/mol. The Morgan fingerprint density at radius 3 is 2.53 bits per heavy atom. The molecule has 178 valence electrons. The first-order valence-electron chi connectivity index (χ1n) is 11.8. The van der Waals surface area contributed by atoms with E-state index in [-0.39, 0.29) is 17.8 Å². The third kappa shape index (κ3) is 5.67. The second kappa shape index (κ2) is 10.3. The molecule has 1 amide bonds. The van der Waals surface area contributed by atoms with Crippen molar-refractivity contribution in [1.29, 1.82) is 0 Å². The van der Waals surface area contributed by atoms with Crippen LogP contribution in [0.2, 0.25) is 0 Å². The SMILES string of the molecule is CCCC(C=O)[C@@H](N[C@@H]1CC[C@H]2CN(Cc3ccc(F)cc3)C[C@H]21)N(C(=O)O)C(C)(C)C. The molecule has 32 heavy (non-hydrogen) atoms. The molecule has 1 unspecified atom stereocenters. The van der Waals surface area contributed by atoms with Crippen molar-refractivity contribution in [2.45, 2.75) is 77.7 Å². The van der Waals surface area contributed by atoms with Gasteiger partial charge in [-0.3, -0.25) is 15.1 Å². The van der Waals surface area contributed by atoms with E-state index < -0.39 is 17.8 Å². The summed E-state index contributed by atoms with van der Waals surface area (Å²) in [6.07, 6.45) is 2.93. The van der Waals surface area contributed by atoms with Crippen LogP contribution in [0.25, 0.3) is 0 Å². The molecule has 1 aromatic carbocycles. The zero-order chi connectivity index (χ0) is 23.5. The molecule has 6 nitrogen and oxygen atoms in total. The lowest BCUT2D eigenvalue weighted by Crippen LogP contribution is -2.62. The number of nitrogens with zero attached hydrogens (tertiary/aromatic N) is 2. The first-order valence-corrected chi connectivity index (χ1v) is 11.8. The molecular formula is C25H38FN3O3. The van der Waals surface area contributed by atoms with Crippen molar-refractivity contribution in [3.05, 3.63) is 35.6 Å². The average Bonchev–Trinajstić information content (AvgIpc) is 3.27. The summed E-state index contributed by atoms with van der Waals surface area (Å²) in [7, 11) is 0. The third-order valence-electron chi connectivity index (χ3n) is 7.05. The molecule has 1 aromatic rings. The van der Waals surface area contributed by atoms with Gasteiger partial charge in [-0.1, -0.05) is 25.5 Å². The number of hydrogen-bond donors (Lipinski definition) is 2. The Bertz CT molecular complexity index is 780. The van der Waals surface area contributed by atoms with Gasteiger partial charge < -0.3 is 9.90 Å². The number of halogens is 1. The van der Waals surface area contributed by atoms with Gasteiger partial charge in [0.05, 0.1) is 6.17 Å². The van der Waals surface area contributed by atoms with E-state index in [9.17, 15) is 19.1 Å². The van der Waals surface area contributed by atoms with Crippen LogP contribution in [-0.4, -0.2) is 58.1 Å². The van der Waals surface area contributed by atoms with Crippen molar-refractivity contribution in [3.8, 4) is 0 Å². The maximum absolute atomic E-state index is 13.2. The summed E-state index contributed by atoms with van der Waals surface area (Å²) in [5.74, 6) is 0.372. The smallest absolute Gasteiger partial charge is 0.409 e. The van der Waals surface area contributed by atoms with Gasteiger partial charge in [0.25, 0.3) is 0 Å². The van der Waals surface area contributed by atoms with Crippen LogP contribution < -0.4 is 5.32 Å². The van der Waals surface area contributed by atoms with Gasteiger partial charge in [-0.05, 0) is 69.6 Å². The predicted octanol–water partition coefficient (Wildman–Crippen LogP) is 4.35. The maximum atomic E-state index is 13.2. The number of amides is 1. The summed E-state index contributed by atoms with van der Waals surface area (Å²) in [6, 6.07) is 6.85. The summed E-state index contributed by atoms with van der Waals surface area (Å²) >= 11 is 0. The van der Waals surface area contributed by atoms with Crippen LogP contribution in [0.1, 0.15) is 58.9 Å². The first kappa shape index (κ1) is 24.6. The van der Waals surface area contributed by atoms with Gasteiger partial charge >= 0.3 is 6.09 Å². The minimum absolute atomic E-state index is 0.173. The van der Waals surface area contributed by atoms with Gasteiger partial charge in [0, 0.05) is 37.1 Å². The van der Waals surface area contributed by atoms with Crippen LogP contribution in [0.3, 0.4) is 0 Å². The Labute approximate surface area is 191 Å². The monoisotopic (exact) mass is 447 g/mol. The number of carbonyl (C=O) groups is 2. The number of aldehydes is 1. The fourth-order valence-electron chi connectivity index (χ4n) is 5.61. The van der Waals surface area contributed by atoms with Crippen molar-refractivity contribution in [3.63, 3.8) is 0 Å². The van der Waals surface area contributed by atoms with Crippen LogP contribution in [0.15, 0.2) is 24.3 Å². The molecule has 3 rings (SSSR count). The normalized spacial score (nSPS) is 25.3. The highest BCUT2D eigenvalue weighted by Crippen LogP contribution is 2.39. The Hall–Kier alpha value is -1.99. The molecule has 1 heterocycles. The Balaban J connectivity index is 1.74. The van der Waals surface area contributed by atoms with E-state index in [1.54, 1.807) is 0 Å². The van der Waals surface area contributed by atoms with Crippen LogP contribution >= 0.6 is 0 Å². The predicted molar refractivity (Wildman–Crippen MR) is 123 cm³/mol. The molecule has 2 fully saturated rings. The summed E-state index contributed by atoms with van der Waals surface area (Å²) in [6.45, 7) is 10.4. The topological polar surface area (TPSA) is 72.9 Å². The molecule has 1 saturated heterocycles. The highest BCUT2D eigenvalue weighted by atomic mass is 19.1. The lowest BCUT2D eigenvalue weighted by molar-refractivity contribution is -0.114. The van der Waals surface area contributed by atoms with Gasteiger partial charge in [0.15, 0.2) is 0 Å². The fraction of sp³-hybridized carbons (Fsp3) is 0.680. The third-order valence-corrected chi connectivity index (χ3v) is 7.05. The summed E-state index contributed by atoms with van der Waals surface area (Å²) < 4.78 is 13.2. The zero-order valence-corrected chi connectivity index (χ0v) is 19.8. The molecule has 1 aliphatic heterocycles. The minimum Gasteiger partial charge on any atom is -0.465 e. The second-order valence-electron chi connectivity index (χ2n) is 10.5. The van der Waals surface area contributed by atoms with Gasteiger partial charge in [-0.2, -0.15) is 0 Å². The number of benzene rings is 1. The standard InChI is InChI=1S/C25H38FN3O3/c1-5-6-19(16-30)23(29(24(31)32)25(2,3)4)27-22-12-9-18-14-28(15-21(18)22)13-17-7-10-20(26)11-8-17/h7-8,10-11,16,18-19,21-23,27H,5-6,9,12-15H2,1-4H3,(H,31,32)/t18-,19?,21+,22+,23-/m0/s1. The molecule has 0 bridgehead atoms. The maximum Gasteiger partial charge on any atom is 0.409 e. The fourth-order valence-corrected chi connectivity index (χ4v) is 5.61. The van der Waals surface area contributed by atoms with Crippen LogP contribution in [0, 0.1) is 23.6 Å². The van der Waals surface area contributed by atoms with E-state index in [2.05, 4.69) is 10.2 Å². The Morgan fingerprint density at radius 1 is 1.28 bits per heavy atom. The lowest BCUT2D eigenvalue weighted by atomic mass is 9.93. The molecule has 5 atom stereocenters.